The van der Waals surface area contributed by atoms with Crippen molar-refractivity contribution in [2.24, 2.45) is 12.8 Å². The smallest absolute Gasteiger partial charge is 0.332 e. The van der Waals surface area contributed by atoms with Gasteiger partial charge in [-0.05, 0) is 36.6 Å². The number of hydrogen-bond donors (Lipinski definition) is 1. The van der Waals surface area contributed by atoms with Crippen LogP contribution in [0.25, 0.3) is 11.2 Å². The van der Waals surface area contributed by atoms with Gasteiger partial charge < -0.3 is 15.4 Å². The number of rotatable bonds is 7. The van der Waals surface area contributed by atoms with Gasteiger partial charge in [-0.1, -0.05) is 46.3 Å². The van der Waals surface area contributed by atoms with Crippen molar-refractivity contribution in [3.63, 3.8) is 0 Å². The quantitative estimate of drug-likeness (QED) is 0.334. The van der Waals surface area contributed by atoms with Crippen LogP contribution < -0.4 is 26.6 Å². The highest BCUT2D eigenvalue weighted by atomic mass is 79.9. The highest BCUT2D eigenvalue weighted by Crippen LogP contribution is 2.26. The number of benzene rings is 2. The van der Waals surface area contributed by atoms with Crippen molar-refractivity contribution < 1.29 is 9.53 Å². The zero-order valence-electron chi connectivity index (χ0n) is 21.3. The first kappa shape index (κ1) is 25.9. The molecule has 10 nitrogen and oxygen atoms in total. The number of hydrogen-bond acceptors (Lipinski definition) is 7. The number of nitrogens with zero attached hydrogens (tertiary/aromatic N) is 5. The lowest BCUT2D eigenvalue weighted by atomic mass is 10.1. The average molecular weight is 581 g/mol. The summed E-state index contributed by atoms with van der Waals surface area (Å²) in [5, 5.41) is 0. The number of imidazole rings is 1. The second kappa shape index (κ2) is 10.6. The molecule has 2 N–H and O–H groups in total. The zero-order chi connectivity index (χ0) is 27.0. The van der Waals surface area contributed by atoms with Crippen molar-refractivity contribution in [2.75, 3.05) is 25.1 Å². The minimum atomic E-state index is -0.605. The van der Waals surface area contributed by atoms with Crippen LogP contribution in [0.3, 0.4) is 0 Å². The van der Waals surface area contributed by atoms with E-state index in [9.17, 15) is 14.4 Å². The van der Waals surface area contributed by atoms with Crippen LogP contribution in [0.4, 0.5) is 5.95 Å². The number of anilines is 1. The Bertz CT molecular complexity index is 1640. The molecular weight excluding hydrogens is 552 g/mol. The number of halogens is 1. The number of aryl methyl sites for hydroxylation is 1. The molecule has 1 atom stereocenters. The fourth-order valence-electron chi connectivity index (χ4n) is 4.91. The van der Waals surface area contributed by atoms with E-state index < -0.39 is 17.8 Å². The van der Waals surface area contributed by atoms with Crippen LogP contribution in [0, 0.1) is 0 Å². The van der Waals surface area contributed by atoms with E-state index in [1.165, 1.54) is 11.7 Å². The Morgan fingerprint density at radius 3 is 2.68 bits per heavy atom. The number of Topliss-reactive ketones (excluding diaryl/α,β-unsaturated/α-hetero) is 1. The zero-order valence-corrected chi connectivity index (χ0v) is 22.8. The van der Waals surface area contributed by atoms with Gasteiger partial charge in [0.25, 0.3) is 5.56 Å². The third-order valence-corrected chi connectivity index (χ3v) is 7.71. The van der Waals surface area contributed by atoms with Crippen LogP contribution in [-0.2, 0) is 20.1 Å². The maximum atomic E-state index is 13.9. The normalized spacial score (nSPS) is 15.7. The second-order valence-corrected chi connectivity index (χ2v) is 10.4. The first-order chi connectivity index (χ1) is 18.3. The van der Waals surface area contributed by atoms with Gasteiger partial charge >= 0.3 is 5.69 Å². The van der Waals surface area contributed by atoms with Gasteiger partial charge in [-0.25, -0.2) is 4.79 Å². The predicted octanol–water partition coefficient (Wildman–Crippen LogP) is 2.53. The summed E-state index contributed by atoms with van der Waals surface area (Å²) in [5.41, 5.74) is 6.93. The Morgan fingerprint density at radius 1 is 1.16 bits per heavy atom. The molecular formula is C27H29BrN6O4. The van der Waals surface area contributed by atoms with Crippen LogP contribution in [0.5, 0.6) is 5.75 Å². The van der Waals surface area contributed by atoms with Crippen molar-refractivity contribution in [3.05, 3.63) is 85.0 Å². The lowest BCUT2D eigenvalue weighted by Crippen LogP contribution is -2.44. The summed E-state index contributed by atoms with van der Waals surface area (Å²) in [5.74, 6) is 0.721. The van der Waals surface area contributed by atoms with E-state index in [0.29, 0.717) is 30.4 Å². The largest absolute Gasteiger partial charge is 0.497 e. The van der Waals surface area contributed by atoms with Crippen LogP contribution in [0.1, 0.15) is 28.8 Å². The van der Waals surface area contributed by atoms with E-state index in [-0.39, 0.29) is 23.0 Å². The SMILES string of the molecule is COc1cccc(C(=O)Cn2c(=O)c3c(nc(N4CCCC(N)C4)n3Cc3ccccc3Br)n(C)c2=O)c1. The summed E-state index contributed by atoms with van der Waals surface area (Å²) in [6.45, 7) is 1.27. The molecule has 0 amide bonds. The average Bonchev–Trinajstić information content (AvgIpc) is 3.30. The third kappa shape index (κ3) is 4.79. The van der Waals surface area contributed by atoms with Gasteiger partial charge in [0.1, 0.15) is 5.75 Å². The second-order valence-electron chi connectivity index (χ2n) is 9.50. The summed E-state index contributed by atoms with van der Waals surface area (Å²) in [4.78, 5) is 47.2. The molecule has 5 rings (SSSR count). The molecule has 2 aromatic heterocycles. The first-order valence-electron chi connectivity index (χ1n) is 12.4. The first-order valence-corrected chi connectivity index (χ1v) is 13.2. The molecule has 0 saturated carbocycles. The topological polar surface area (TPSA) is 117 Å². The Hall–Kier alpha value is -3.70. The summed E-state index contributed by atoms with van der Waals surface area (Å²) in [6.07, 6.45) is 1.82. The Kier molecular flexibility index (Phi) is 7.22. The van der Waals surface area contributed by atoms with Crippen molar-refractivity contribution in [1.29, 1.82) is 0 Å². The minimum absolute atomic E-state index is 0.0126. The monoisotopic (exact) mass is 580 g/mol. The van der Waals surface area contributed by atoms with E-state index in [1.807, 2.05) is 28.8 Å². The van der Waals surface area contributed by atoms with Gasteiger partial charge in [0, 0.05) is 36.2 Å². The molecule has 38 heavy (non-hydrogen) atoms. The number of carbonyl (C=O) groups is 1. The Balaban J connectivity index is 1.67. The van der Waals surface area contributed by atoms with Gasteiger partial charge in [0.05, 0.1) is 20.2 Å². The maximum Gasteiger partial charge on any atom is 0.332 e. The van der Waals surface area contributed by atoms with E-state index in [4.69, 9.17) is 15.5 Å². The van der Waals surface area contributed by atoms with E-state index >= 15 is 0 Å². The van der Waals surface area contributed by atoms with E-state index in [0.717, 1.165) is 34.0 Å². The molecule has 1 aliphatic heterocycles. The van der Waals surface area contributed by atoms with Gasteiger partial charge in [-0.2, -0.15) is 4.98 Å². The number of methoxy groups -OCH3 is 1. The van der Waals surface area contributed by atoms with Gasteiger partial charge in [-0.15, -0.1) is 0 Å². The van der Waals surface area contributed by atoms with Crippen molar-refractivity contribution >= 4 is 38.8 Å². The predicted molar refractivity (Wildman–Crippen MR) is 149 cm³/mol. The number of fused-ring (bicyclic) bond motifs is 1. The third-order valence-electron chi connectivity index (χ3n) is 6.93. The van der Waals surface area contributed by atoms with Crippen molar-refractivity contribution in [1.82, 2.24) is 18.7 Å². The molecule has 3 heterocycles. The summed E-state index contributed by atoms with van der Waals surface area (Å²) < 4.78 is 10.3. The number of ketones is 1. The molecule has 0 radical (unpaired) electrons. The molecule has 0 spiro atoms. The summed E-state index contributed by atoms with van der Waals surface area (Å²) in [6, 6.07) is 14.4. The Labute approximate surface area is 227 Å². The molecule has 0 bridgehead atoms. The fraction of sp³-hybridized carbons (Fsp3) is 0.333. The van der Waals surface area contributed by atoms with Gasteiger partial charge in [0.2, 0.25) is 5.95 Å². The lowest BCUT2D eigenvalue weighted by molar-refractivity contribution is 0.0968. The fourth-order valence-corrected chi connectivity index (χ4v) is 5.32. The van der Waals surface area contributed by atoms with Gasteiger partial charge in [-0.3, -0.25) is 23.3 Å². The molecule has 1 fully saturated rings. The number of ether oxygens (including phenoxy) is 1. The summed E-state index contributed by atoms with van der Waals surface area (Å²) >= 11 is 3.60. The highest BCUT2D eigenvalue weighted by Gasteiger charge is 2.27. The molecule has 1 saturated heterocycles. The van der Waals surface area contributed by atoms with Crippen LogP contribution in [-0.4, -0.2) is 50.7 Å². The number of nitrogens with two attached hydrogens (primary N) is 1. The van der Waals surface area contributed by atoms with E-state index in [1.54, 1.807) is 31.3 Å². The number of piperidine rings is 1. The lowest BCUT2D eigenvalue weighted by Gasteiger charge is -2.32. The standard InChI is InChI=1S/C27H29BrN6O4/c1-31-24-23(25(36)34(27(31)37)16-22(35)17-8-5-10-20(13-17)38-2)33(14-18-7-3-4-11-21(18)28)26(30-24)32-12-6-9-19(29)15-32/h3-5,7-8,10-11,13,19H,6,9,12,14-16,29H2,1-2H3. The molecule has 11 heteroatoms. The number of aromatic nitrogens is 4. The summed E-state index contributed by atoms with van der Waals surface area (Å²) in [7, 11) is 3.08. The van der Waals surface area contributed by atoms with Crippen LogP contribution in [0.2, 0.25) is 0 Å². The van der Waals surface area contributed by atoms with E-state index in [2.05, 4.69) is 20.8 Å². The Morgan fingerprint density at radius 2 is 1.95 bits per heavy atom. The van der Waals surface area contributed by atoms with Gasteiger partial charge in [0.15, 0.2) is 16.9 Å². The maximum absolute atomic E-state index is 13.9. The van der Waals surface area contributed by atoms with Crippen molar-refractivity contribution in [3.8, 4) is 5.75 Å². The number of carbonyl (C=O) groups excluding carboxylic acids is 1. The van der Waals surface area contributed by atoms with Crippen LogP contribution in [0.15, 0.2) is 62.6 Å². The molecule has 0 aliphatic carbocycles. The van der Waals surface area contributed by atoms with Crippen molar-refractivity contribution in [2.45, 2.75) is 32.0 Å². The molecule has 198 valence electrons. The minimum Gasteiger partial charge on any atom is -0.497 e. The molecule has 1 unspecified atom stereocenters. The molecule has 1 aliphatic rings. The molecule has 2 aromatic carbocycles. The molecule has 4 aromatic rings. The highest BCUT2D eigenvalue weighted by molar-refractivity contribution is 9.10. The van der Waals surface area contributed by atoms with Crippen LogP contribution >= 0.6 is 15.9 Å².